The molecular formula is C8H17NO2. The van der Waals surface area contributed by atoms with Gasteiger partial charge >= 0.3 is 0 Å². The maximum absolute atomic E-state index is 5.37. The average molecular weight is 159 g/mol. The fraction of sp³-hybridized carbons (Fsp3) is 1.00. The first kappa shape index (κ1) is 8.97. The summed E-state index contributed by atoms with van der Waals surface area (Å²) in [6.07, 6.45) is 1.81. The van der Waals surface area contributed by atoms with E-state index in [0.29, 0.717) is 12.3 Å². The molecule has 0 aromatic rings. The molecule has 2 atom stereocenters. The van der Waals surface area contributed by atoms with Crippen molar-refractivity contribution < 1.29 is 9.47 Å². The standard InChI is InChI=1S/C8H17NO2/c1-4-5-9(2)8-7(11-8)6-10-3/h7-8H,4-6H2,1-3H3/t7-,8-/m0/s1. The lowest BCUT2D eigenvalue weighted by Gasteiger charge is -2.11. The molecule has 0 bridgehead atoms. The minimum atomic E-state index is 0.315. The summed E-state index contributed by atoms with van der Waals surface area (Å²) in [7, 11) is 3.79. The summed E-state index contributed by atoms with van der Waals surface area (Å²) < 4.78 is 10.3. The molecule has 0 aromatic heterocycles. The zero-order valence-corrected chi connectivity index (χ0v) is 7.54. The first-order chi connectivity index (χ1) is 5.29. The van der Waals surface area contributed by atoms with Crippen LogP contribution in [-0.2, 0) is 9.47 Å². The summed E-state index contributed by atoms with van der Waals surface area (Å²) in [6.45, 7) is 3.99. The molecule has 0 aromatic carbocycles. The zero-order valence-electron chi connectivity index (χ0n) is 7.54. The van der Waals surface area contributed by atoms with E-state index in [-0.39, 0.29) is 0 Å². The molecule has 0 unspecified atom stereocenters. The van der Waals surface area contributed by atoms with E-state index in [4.69, 9.17) is 9.47 Å². The Labute approximate surface area is 68.3 Å². The van der Waals surface area contributed by atoms with Crippen LogP contribution in [0.1, 0.15) is 13.3 Å². The van der Waals surface area contributed by atoms with Crippen LogP contribution in [-0.4, -0.2) is 44.5 Å². The predicted octanol–water partition coefficient (Wildman–Crippen LogP) is 0.700. The first-order valence-corrected chi connectivity index (χ1v) is 4.14. The SMILES string of the molecule is CCCN(C)[C@H]1O[C@H]1COC. The van der Waals surface area contributed by atoms with Crippen LogP contribution in [0.4, 0.5) is 0 Å². The van der Waals surface area contributed by atoms with Crippen molar-refractivity contribution in [1.29, 1.82) is 0 Å². The number of ether oxygens (including phenoxy) is 2. The lowest BCUT2D eigenvalue weighted by Crippen LogP contribution is -2.25. The Morgan fingerprint density at radius 1 is 1.55 bits per heavy atom. The van der Waals surface area contributed by atoms with Crippen LogP contribution >= 0.6 is 0 Å². The van der Waals surface area contributed by atoms with Gasteiger partial charge in [-0.25, -0.2) is 0 Å². The molecule has 1 fully saturated rings. The van der Waals surface area contributed by atoms with Crippen LogP contribution in [0.3, 0.4) is 0 Å². The fourth-order valence-electron chi connectivity index (χ4n) is 1.29. The number of rotatable bonds is 5. The molecule has 1 rings (SSSR count). The van der Waals surface area contributed by atoms with Crippen LogP contribution in [0.15, 0.2) is 0 Å². The van der Waals surface area contributed by atoms with Crippen LogP contribution in [0, 0.1) is 0 Å². The molecule has 0 aliphatic carbocycles. The molecule has 66 valence electrons. The average Bonchev–Trinajstić information content (AvgIpc) is 2.69. The highest BCUT2D eigenvalue weighted by Gasteiger charge is 2.41. The first-order valence-electron chi connectivity index (χ1n) is 4.14. The molecule has 1 aliphatic rings. The van der Waals surface area contributed by atoms with Gasteiger partial charge in [0, 0.05) is 13.7 Å². The molecule has 1 aliphatic heterocycles. The zero-order chi connectivity index (χ0) is 8.27. The van der Waals surface area contributed by atoms with Crippen molar-refractivity contribution in [3.63, 3.8) is 0 Å². The minimum Gasteiger partial charge on any atom is -0.382 e. The quantitative estimate of drug-likeness (QED) is 0.552. The third-order valence-electron chi connectivity index (χ3n) is 1.90. The Balaban J connectivity index is 2.10. The summed E-state index contributed by atoms with van der Waals surface area (Å²) in [6, 6.07) is 0. The van der Waals surface area contributed by atoms with Crippen molar-refractivity contribution in [1.82, 2.24) is 4.90 Å². The molecule has 3 nitrogen and oxygen atoms in total. The van der Waals surface area contributed by atoms with Gasteiger partial charge in [0.25, 0.3) is 0 Å². The molecule has 3 heteroatoms. The Morgan fingerprint density at radius 2 is 2.27 bits per heavy atom. The number of methoxy groups -OCH3 is 1. The topological polar surface area (TPSA) is 25.0 Å². The summed E-state index contributed by atoms with van der Waals surface area (Å²) in [4.78, 5) is 2.23. The molecule has 0 saturated carbocycles. The van der Waals surface area contributed by atoms with Gasteiger partial charge in [-0.05, 0) is 13.5 Å². The van der Waals surface area contributed by atoms with E-state index < -0.39 is 0 Å². The Morgan fingerprint density at radius 3 is 2.82 bits per heavy atom. The Kier molecular flexibility index (Phi) is 3.30. The number of epoxide rings is 1. The molecule has 11 heavy (non-hydrogen) atoms. The number of hydrogen-bond acceptors (Lipinski definition) is 3. The third kappa shape index (κ3) is 2.43. The van der Waals surface area contributed by atoms with Crippen molar-refractivity contribution in [2.24, 2.45) is 0 Å². The highest BCUT2D eigenvalue weighted by molar-refractivity contribution is 4.82. The summed E-state index contributed by atoms with van der Waals surface area (Å²) in [5.74, 6) is 0. The Bertz CT molecular complexity index is 119. The maximum atomic E-state index is 5.37. The largest absolute Gasteiger partial charge is 0.382 e. The van der Waals surface area contributed by atoms with Gasteiger partial charge in [-0.3, -0.25) is 4.90 Å². The normalized spacial score (nSPS) is 29.5. The van der Waals surface area contributed by atoms with Crippen LogP contribution in [0.2, 0.25) is 0 Å². The van der Waals surface area contributed by atoms with E-state index >= 15 is 0 Å². The van der Waals surface area contributed by atoms with Crippen molar-refractivity contribution in [3.8, 4) is 0 Å². The van der Waals surface area contributed by atoms with E-state index in [2.05, 4.69) is 18.9 Å². The predicted molar refractivity (Wildman–Crippen MR) is 43.5 cm³/mol. The van der Waals surface area contributed by atoms with Gasteiger partial charge in [-0.2, -0.15) is 0 Å². The fourth-order valence-corrected chi connectivity index (χ4v) is 1.29. The van der Waals surface area contributed by atoms with Crippen LogP contribution < -0.4 is 0 Å². The molecular weight excluding hydrogens is 142 g/mol. The number of hydrogen-bond donors (Lipinski definition) is 0. The summed E-state index contributed by atoms with van der Waals surface area (Å²) in [5, 5.41) is 0. The summed E-state index contributed by atoms with van der Waals surface area (Å²) in [5.41, 5.74) is 0. The number of nitrogens with zero attached hydrogens (tertiary/aromatic N) is 1. The van der Waals surface area contributed by atoms with E-state index in [1.807, 2.05) is 0 Å². The van der Waals surface area contributed by atoms with Crippen molar-refractivity contribution in [3.05, 3.63) is 0 Å². The highest BCUT2D eigenvalue weighted by Crippen LogP contribution is 2.24. The van der Waals surface area contributed by atoms with E-state index in [9.17, 15) is 0 Å². The Hall–Kier alpha value is -0.120. The van der Waals surface area contributed by atoms with Crippen LogP contribution in [0.5, 0.6) is 0 Å². The molecule has 1 saturated heterocycles. The van der Waals surface area contributed by atoms with E-state index in [1.54, 1.807) is 7.11 Å². The lowest BCUT2D eigenvalue weighted by molar-refractivity contribution is 0.169. The third-order valence-corrected chi connectivity index (χ3v) is 1.90. The second-order valence-electron chi connectivity index (χ2n) is 3.00. The van der Waals surface area contributed by atoms with Crippen LogP contribution in [0.25, 0.3) is 0 Å². The van der Waals surface area contributed by atoms with Gasteiger partial charge in [0.05, 0.1) is 6.61 Å². The van der Waals surface area contributed by atoms with Gasteiger partial charge in [0.15, 0.2) is 0 Å². The van der Waals surface area contributed by atoms with Gasteiger partial charge in [0.1, 0.15) is 12.3 Å². The lowest BCUT2D eigenvalue weighted by atomic mass is 10.4. The molecule has 1 heterocycles. The van der Waals surface area contributed by atoms with Gasteiger partial charge < -0.3 is 9.47 Å². The maximum Gasteiger partial charge on any atom is 0.139 e. The van der Waals surface area contributed by atoms with Gasteiger partial charge in [0.2, 0.25) is 0 Å². The minimum absolute atomic E-state index is 0.315. The second-order valence-corrected chi connectivity index (χ2v) is 3.00. The van der Waals surface area contributed by atoms with E-state index in [0.717, 1.165) is 13.2 Å². The van der Waals surface area contributed by atoms with Crippen molar-refractivity contribution in [2.75, 3.05) is 27.3 Å². The highest BCUT2D eigenvalue weighted by atomic mass is 16.6. The van der Waals surface area contributed by atoms with Gasteiger partial charge in [-0.1, -0.05) is 6.92 Å². The molecule has 0 N–H and O–H groups in total. The van der Waals surface area contributed by atoms with Gasteiger partial charge in [-0.15, -0.1) is 0 Å². The van der Waals surface area contributed by atoms with Crippen molar-refractivity contribution in [2.45, 2.75) is 25.7 Å². The molecule has 0 amide bonds. The smallest absolute Gasteiger partial charge is 0.139 e. The number of likely N-dealkylation sites (N-methyl/N-ethyl adjacent to an activating group) is 1. The van der Waals surface area contributed by atoms with E-state index in [1.165, 1.54) is 6.42 Å². The van der Waals surface area contributed by atoms with Crippen molar-refractivity contribution >= 4 is 0 Å². The summed E-state index contributed by atoms with van der Waals surface area (Å²) >= 11 is 0. The second kappa shape index (κ2) is 4.04. The molecule has 0 spiro atoms. The monoisotopic (exact) mass is 159 g/mol. The molecule has 0 radical (unpaired) electrons.